The molecular weight excluding hydrogens is 669 g/mol. The molecule has 8 aromatic carbocycles. The minimum absolute atomic E-state index is 0.0964. The van der Waals surface area contributed by atoms with E-state index >= 15 is 0 Å². The van der Waals surface area contributed by atoms with Crippen LogP contribution in [0.1, 0.15) is 69.8 Å². The summed E-state index contributed by atoms with van der Waals surface area (Å²) in [5.41, 5.74) is 17.7. The van der Waals surface area contributed by atoms with Crippen LogP contribution in [-0.2, 0) is 10.8 Å². The average molecular weight is 705 g/mol. The first-order chi connectivity index (χ1) is 27.0. The van der Waals surface area contributed by atoms with Crippen molar-refractivity contribution in [1.29, 1.82) is 0 Å². The molecule has 55 heavy (non-hydrogen) atoms. The summed E-state index contributed by atoms with van der Waals surface area (Å²) in [6.07, 6.45) is 0. The van der Waals surface area contributed by atoms with Crippen molar-refractivity contribution in [3.63, 3.8) is 0 Å². The third kappa shape index (κ3) is 3.99. The Kier molecular flexibility index (Phi) is 6.14. The lowest BCUT2D eigenvalue weighted by atomic mass is 9.65. The molecule has 1 spiro atoms. The van der Waals surface area contributed by atoms with Gasteiger partial charge in [0.05, 0.1) is 5.41 Å². The van der Waals surface area contributed by atoms with Gasteiger partial charge in [0, 0.05) is 33.2 Å². The summed E-state index contributed by atoms with van der Waals surface area (Å²) in [6.45, 7) is 4.74. The average Bonchev–Trinajstić information content (AvgIpc) is 3.83. The van der Waals surface area contributed by atoms with Gasteiger partial charge in [0.1, 0.15) is 22.7 Å². The summed E-state index contributed by atoms with van der Waals surface area (Å²) in [4.78, 5) is 0. The lowest BCUT2D eigenvalue weighted by Gasteiger charge is -2.40. The van der Waals surface area contributed by atoms with Crippen LogP contribution in [0, 0.1) is 0 Å². The smallest absolute Gasteiger partial charge is 0.135 e. The number of para-hydroxylation sites is 2. The Morgan fingerprint density at radius 3 is 1.73 bits per heavy atom. The Hall–Kier alpha value is -6.64. The SMILES string of the molecule is CC1(C)c2ccccc2-c2ccc(C(c3ccc4c(c3)C3(c5ccccc5O4)c4ccccc4-c4ccccc43)c3cccc4oc5ccccc5c34)cc21. The van der Waals surface area contributed by atoms with Crippen LogP contribution in [-0.4, -0.2) is 0 Å². The predicted octanol–water partition coefficient (Wildman–Crippen LogP) is 13.5. The molecule has 0 amide bonds. The van der Waals surface area contributed by atoms with Crippen LogP contribution >= 0.6 is 0 Å². The fourth-order valence-corrected chi connectivity index (χ4v) is 10.5. The van der Waals surface area contributed by atoms with Gasteiger partial charge in [0.15, 0.2) is 0 Å². The molecule has 0 radical (unpaired) electrons. The molecule has 0 N–H and O–H groups in total. The molecule has 0 saturated carbocycles. The maximum Gasteiger partial charge on any atom is 0.135 e. The van der Waals surface area contributed by atoms with Gasteiger partial charge in [-0.25, -0.2) is 0 Å². The highest BCUT2D eigenvalue weighted by Crippen LogP contribution is 2.62. The molecule has 1 aromatic heterocycles. The molecule has 12 rings (SSSR count). The summed E-state index contributed by atoms with van der Waals surface area (Å²) >= 11 is 0. The Labute approximate surface area is 320 Å². The normalized spacial score (nSPS) is 15.5. The standard InChI is InChI=1S/C53H36O2/c1-52(2)40-19-7-3-14-34(40)37-28-26-32(30-44(37)52)50(39-18-13-25-49-51(39)38-17-6-11-23-46(38)54-49)33-27-29-48-45(31-33)53(43-22-10-12-24-47(43)55-48)41-20-8-4-15-35(41)36-16-5-9-21-42(36)53/h3-31,50H,1-2H3. The molecule has 2 nitrogen and oxygen atoms in total. The number of hydrogen-bond acceptors (Lipinski definition) is 2. The van der Waals surface area contributed by atoms with Gasteiger partial charge in [-0.2, -0.15) is 0 Å². The molecule has 9 aromatic rings. The van der Waals surface area contributed by atoms with Crippen LogP contribution in [0.5, 0.6) is 11.5 Å². The summed E-state index contributed by atoms with van der Waals surface area (Å²) in [7, 11) is 0. The van der Waals surface area contributed by atoms with Crippen LogP contribution in [0.2, 0.25) is 0 Å². The highest BCUT2D eigenvalue weighted by molar-refractivity contribution is 6.07. The van der Waals surface area contributed by atoms with Crippen molar-refractivity contribution in [2.24, 2.45) is 0 Å². The third-order valence-electron chi connectivity index (χ3n) is 12.9. The van der Waals surface area contributed by atoms with Crippen molar-refractivity contribution in [1.82, 2.24) is 0 Å². The maximum atomic E-state index is 6.86. The van der Waals surface area contributed by atoms with E-state index in [1.54, 1.807) is 0 Å². The summed E-state index contributed by atoms with van der Waals surface area (Å²) < 4.78 is 13.4. The molecule has 1 aliphatic heterocycles. The van der Waals surface area contributed by atoms with Gasteiger partial charge in [-0.05, 0) is 91.5 Å². The van der Waals surface area contributed by atoms with Crippen molar-refractivity contribution in [3.05, 3.63) is 226 Å². The topological polar surface area (TPSA) is 22.4 Å². The van der Waals surface area contributed by atoms with E-state index in [1.165, 1.54) is 72.3 Å². The second-order valence-electron chi connectivity index (χ2n) is 15.9. The minimum atomic E-state index is -0.548. The highest BCUT2D eigenvalue weighted by atomic mass is 16.5. The lowest BCUT2D eigenvalue weighted by molar-refractivity contribution is 0.436. The number of hydrogen-bond donors (Lipinski definition) is 0. The molecule has 0 bridgehead atoms. The van der Waals surface area contributed by atoms with Crippen LogP contribution < -0.4 is 4.74 Å². The van der Waals surface area contributed by atoms with Crippen LogP contribution in [0.3, 0.4) is 0 Å². The van der Waals surface area contributed by atoms with Gasteiger partial charge in [-0.3, -0.25) is 0 Å². The van der Waals surface area contributed by atoms with E-state index in [1.807, 2.05) is 0 Å². The molecule has 1 atom stereocenters. The zero-order chi connectivity index (χ0) is 36.5. The van der Waals surface area contributed by atoms with Crippen molar-refractivity contribution < 1.29 is 9.15 Å². The minimum Gasteiger partial charge on any atom is -0.457 e. The molecular formula is C53H36O2. The molecule has 2 heteroatoms. The van der Waals surface area contributed by atoms with Gasteiger partial charge in [-0.1, -0.05) is 159 Å². The summed E-state index contributed by atoms with van der Waals surface area (Å²) in [5, 5.41) is 2.30. The van der Waals surface area contributed by atoms with Crippen molar-refractivity contribution in [3.8, 4) is 33.8 Å². The molecule has 2 aliphatic carbocycles. The molecule has 0 saturated heterocycles. The Bertz CT molecular complexity index is 3020. The number of fused-ring (bicyclic) bond motifs is 15. The molecule has 0 fully saturated rings. The van der Waals surface area contributed by atoms with E-state index in [9.17, 15) is 0 Å². The first-order valence-electron chi connectivity index (χ1n) is 19.3. The molecule has 1 unspecified atom stereocenters. The predicted molar refractivity (Wildman–Crippen MR) is 222 cm³/mol. The highest BCUT2D eigenvalue weighted by Gasteiger charge is 2.51. The van der Waals surface area contributed by atoms with Gasteiger partial charge in [-0.15, -0.1) is 0 Å². The fourth-order valence-electron chi connectivity index (χ4n) is 10.5. The van der Waals surface area contributed by atoms with Crippen molar-refractivity contribution >= 4 is 21.9 Å². The second-order valence-corrected chi connectivity index (χ2v) is 15.9. The first kappa shape index (κ1) is 30.8. The van der Waals surface area contributed by atoms with Crippen LogP contribution in [0.4, 0.5) is 0 Å². The van der Waals surface area contributed by atoms with Crippen molar-refractivity contribution in [2.75, 3.05) is 0 Å². The van der Waals surface area contributed by atoms with Gasteiger partial charge >= 0.3 is 0 Å². The van der Waals surface area contributed by atoms with E-state index in [4.69, 9.17) is 9.15 Å². The number of benzene rings is 8. The fraction of sp³-hybridized carbons (Fsp3) is 0.0943. The maximum absolute atomic E-state index is 6.86. The molecule has 3 aliphatic rings. The van der Waals surface area contributed by atoms with Gasteiger partial charge < -0.3 is 9.15 Å². The Morgan fingerprint density at radius 2 is 0.964 bits per heavy atom. The monoisotopic (exact) mass is 704 g/mol. The third-order valence-corrected chi connectivity index (χ3v) is 12.9. The van der Waals surface area contributed by atoms with E-state index in [0.29, 0.717) is 0 Å². The van der Waals surface area contributed by atoms with E-state index < -0.39 is 5.41 Å². The second kappa shape index (κ2) is 11.0. The summed E-state index contributed by atoms with van der Waals surface area (Å²) in [5.74, 6) is 1.70. The van der Waals surface area contributed by atoms with E-state index in [2.05, 4.69) is 190 Å². The number of furan rings is 1. The van der Waals surface area contributed by atoms with E-state index in [0.717, 1.165) is 33.4 Å². The quantitative estimate of drug-likeness (QED) is 0.171. The van der Waals surface area contributed by atoms with Crippen LogP contribution in [0.15, 0.2) is 180 Å². The number of ether oxygens (including phenoxy) is 1. The zero-order valence-corrected chi connectivity index (χ0v) is 30.6. The lowest BCUT2D eigenvalue weighted by Crippen LogP contribution is -2.32. The van der Waals surface area contributed by atoms with Crippen LogP contribution in [0.25, 0.3) is 44.2 Å². The molecule has 2 heterocycles. The van der Waals surface area contributed by atoms with Crippen molar-refractivity contribution in [2.45, 2.75) is 30.6 Å². The zero-order valence-electron chi connectivity index (χ0n) is 30.6. The van der Waals surface area contributed by atoms with E-state index in [-0.39, 0.29) is 11.3 Å². The Balaban J connectivity index is 1.16. The first-order valence-corrected chi connectivity index (χ1v) is 19.3. The largest absolute Gasteiger partial charge is 0.457 e. The number of rotatable bonds is 3. The summed E-state index contributed by atoms with van der Waals surface area (Å²) in [6, 6.07) is 64.6. The van der Waals surface area contributed by atoms with Gasteiger partial charge in [0.2, 0.25) is 0 Å². The Morgan fingerprint density at radius 1 is 0.418 bits per heavy atom. The van der Waals surface area contributed by atoms with Gasteiger partial charge in [0.25, 0.3) is 0 Å². The molecule has 260 valence electrons.